The average molecular weight is 416 g/mol. The maximum atomic E-state index is 12.8. The van der Waals surface area contributed by atoms with Crippen molar-refractivity contribution < 1.29 is 22.7 Å². The lowest BCUT2D eigenvalue weighted by atomic mass is 9.88. The van der Waals surface area contributed by atoms with E-state index in [1.807, 2.05) is 18.2 Å². The lowest BCUT2D eigenvalue weighted by Crippen LogP contribution is -2.43. The summed E-state index contributed by atoms with van der Waals surface area (Å²) in [7, 11) is -3.65. The Morgan fingerprint density at radius 1 is 1.17 bits per heavy atom. The topological polar surface area (TPSA) is 84.9 Å². The highest BCUT2D eigenvalue weighted by Crippen LogP contribution is 2.36. The Morgan fingerprint density at radius 3 is 2.79 bits per heavy atom. The normalized spacial score (nSPS) is 17.5. The molecule has 0 bridgehead atoms. The zero-order valence-electron chi connectivity index (χ0n) is 16.3. The Kier molecular flexibility index (Phi) is 5.36. The highest BCUT2D eigenvalue weighted by atomic mass is 32.2. The van der Waals surface area contributed by atoms with Crippen LogP contribution in [-0.2, 0) is 21.2 Å². The molecule has 0 radical (unpaired) electrons. The number of sulfonamides is 1. The molecule has 7 nitrogen and oxygen atoms in total. The van der Waals surface area contributed by atoms with Gasteiger partial charge in [0.15, 0.2) is 11.5 Å². The van der Waals surface area contributed by atoms with Crippen molar-refractivity contribution in [1.29, 1.82) is 0 Å². The summed E-state index contributed by atoms with van der Waals surface area (Å²) in [5.74, 6) is 0.591. The molecular formula is C21H24N2O5S. The second-order valence-electron chi connectivity index (χ2n) is 7.16. The van der Waals surface area contributed by atoms with Gasteiger partial charge >= 0.3 is 0 Å². The number of nitrogens with zero attached hydrogens (tertiary/aromatic N) is 1. The predicted molar refractivity (Wildman–Crippen MR) is 110 cm³/mol. The molecule has 0 spiro atoms. The van der Waals surface area contributed by atoms with E-state index >= 15 is 0 Å². The van der Waals surface area contributed by atoms with Crippen LogP contribution in [0.25, 0.3) is 0 Å². The summed E-state index contributed by atoms with van der Waals surface area (Å²) in [6.07, 6.45) is 2.82. The lowest BCUT2D eigenvalue weighted by Gasteiger charge is -2.28. The Labute approximate surface area is 170 Å². The second-order valence-corrected chi connectivity index (χ2v) is 9.34. The van der Waals surface area contributed by atoms with E-state index in [1.54, 1.807) is 25.1 Å². The molecule has 2 aliphatic rings. The van der Waals surface area contributed by atoms with E-state index in [0.717, 1.165) is 29.1 Å². The third kappa shape index (κ3) is 4.03. The summed E-state index contributed by atoms with van der Waals surface area (Å²) in [6.45, 7) is 1.37. The average Bonchev–Trinajstić information content (AvgIpc) is 3.20. The largest absolute Gasteiger partial charge is 0.454 e. The number of benzene rings is 2. The van der Waals surface area contributed by atoms with Crippen molar-refractivity contribution in [3.63, 3.8) is 0 Å². The van der Waals surface area contributed by atoms with Crippen LogP contribution in [0.5, 0.6) is 11.5 Å². The van der Waals surface area contributed by atoms with Crippen LogP contribution in [-0.4, -0.2) is 33.4 Å². The first-order chi connectivity index (χ1) is 14.0. The van der Waals surface area contributed by atoms with Crippen LogP contribution < -0.4 is 19.1 Å². The van der Waals surface area contributed by atoms with Crippen molar-refractivity contribution in [2.24, 2.45) is 0 Å². The van der Waals surface area contributed by atoms with Gasteiger partial charge in [-0.2, -0.15) is 0 Å². The Morgan fingerprint density at radius 2 is 1.97 bits per heavy atom. The smallest absolute Gasteiger partial charge is 0.241 e. The number of rotatable bonds is 6. The molecule has 0 aromatic heterocycles. The summed E-state index contributed by atoms with van der Waals surface area (Å²) in [5, 5.41) is 3.02. The van der Waals surface area contributed by atoms with Gasteiger partial charge in [0.2, 0.25) is 22.7 Å². The number of amides is 1. The van der Waals surface area contributed by atoms with E-state index in [0.29, 0.717) is 17.2 Å². The van der Waals surface area contributed by atoms with Gasteiger partial charge in [-0.05, 0) is 49.4 Å². The highest BCUT2D eigenvalue weighted by Gasteiger charge is 2.28. The van der Waals surface area contributed by atoms with Crippen molar-refractivity contribution in [2.75, 3.05) is 23.4 Å². The molecule has 0 fully saturated rings. The van der Waals surface area contributed by atoms with Gasteiger partial charge in [0.1, 0.15) is 6.54 Å². The molecule has 2 aromatic rings. The van der Waals surface area contributed by atoms with E-state index in [9.17, 15) is 13.2 Å². The van der Waals surface area contributed by atoms with E-state index in [-0.39, 0.29) is 31.0 Å². The minimum atomic E-state index is -3.65. The summed E-state index contributed by atoms with van der Waals surface area (Å²) >= 11 is 0. The van der Waals surface area contributed by atoms with Crippen LogP contribution in [0.1, 0.15) is 36.9 Å². The first-order valence-corrected chi connectivity index (χ1v) is 11.4. The van der Waals surface area contributed by atoms with Crippen LogP contribution in [0.15, 0.2) is 42.5 Å². The summed E-state index contributed by atoms with van der Waals surface area (Å²) in [5.41, 5.74) is 2.73. The molecule has 0 unspecified atom stereocenters. The highest BCUT2D eigenvalue weighted by molar-refractivity contribution is 7.92. The molecule has 1 aliphatic carbocycles. The standard InChI is InChI=1S/C21H24N2O5S/c1-2-29(25,26)23(16-10-11-19-20(12-16)28-14-27-19)13-21(24)22-18-9-5-7-15-6-3-4-8-17(15)18/h3-4,6,8,10-12,18H,2,5,7,9,13-14H2,1H3,(H,22,24)/t18-/m1/s1. The SMILES string of the molecule is CCS(=O)(=O)N(CC(=O)N[C@@H]1CCCc2ccccc21)c1ccc2c(c1)OCO2. The van der Waals surface area contributed by atoms with E-state index in [1.165, 1.54) is 5.56 Å². The predicted octanol–water partition coefficient (Wildman–Crippen LogP) is 2.77. The molecule has 1 aliphatic heterocycles. The summed E-state index contributed by atoms with van der Waals surface area (Å²) < 4.78 is 37.2. The molecule has 1 amide bonds. The number of carbonyl (C=O) groups excluding carboxylic acids is 1. The zero-order valence-corrected chi connectivity index (χ0v) is 17.1. The van der Waals surface area contributed by atoms with E-state index < -0.39 is 10.0 Å². The fourth-order valence-corrected chi connectivity index (χ4v) is 4.88. The van der Waals surface area contributed by atoms with Gasteiger partial charge in [0.25, 0.3) is 0 Å². The molecule has 1 atom stereocenters. The number of anilines is 1. The molecule has 154 valence electrons. The summed E-state index contributed by atoms with van der Waals surface area (Å²) in [4.78, 5) is 12.8. The minimum absolute atomic E-state index is 0.0981. The van der Waals surface area contributed by atoms with Crippen molar-refractivity contribution in [3.8, 4) is 11.5 Å². The summed E-state index contributed by atoms with van der Waals surface area (Å²) in [6, 6.07) is 12.8. The van der Waals surface area contributed by atoms with Crippen LogP contribution in [0.3, 0.4) is 0 Å². The molecule has 29 heavy (non-hydrogen) atoms. The number of nitrogens with one attached hydrogen (secondary N) is 1. The minimum Gasteiger partial charge on any atom is -0.454 e. The van der Waals surface area contributed by atoms with E-state index in [4.69, 9.17) is 9.47 Å². The Balaban J connectivity index is 1.55. The van der Waals surface area contributed by atoms with Crippen molar-refractivity contribution in [3.05, 3.63) is 53.6 Å². The molecule has 1 heterocycles. The van der Waals surface area contributed by atoms with Gasteiger partial charge in [-0.25, -0.2) is 8.42 Å². The van der Waals surface area contributed by atoms with Gasteiger partial charge in [0, 0.05) is 6.07 Å². The Hall–Kier alpha value is -2.74. The fourth-order valence-electron chi connectivity index (χ4n) is 3.82. The number of fused-ring (bicyclic) bond motifs is 2. The lowest BCUT2D eigenvalue weighted by molar-refractivity contribution is -0.120. The van der Waals surface area contributed by atoms with E-state index in [2.05, 4.69) is 11.4 Å². The van der Waals surface area contributed by atoms with Crippen LogP contribution in [0.4, 0.5) is 5.69 Å². The first kappa shape index (κ1) is 19.6. The first-order valence-electron chi connectivity index (χ1n) is 9.75. The zero-order chi connectivity index (χ0) is 20.4. The monoisotopic (exact) mass is 416 g/mol. The number of carbonyl (C=O) groups is 1. The Bertz CT molecular complexity index is 1020. The molecule has 0 saturated heterocycles. The number of ether oxygens (including phenoxy) is 2. The molecule has 1 N–H and O–H groups in total. The van der Waals surface area contributed by atoms with Gasteiger partial charge in [-0.15, -0.1) is 0 Å². The second kappa shape index (κ2) is 7.94. The fraction of sp³-hybridized carbons (Fsp3) is 0.381. The molecule has 0 saturated carbocycles. The maximum absolute atomic E-state index is 12.8. The third-order valence-electron chi connectivity index (χ3n) is 5.34. The molecule has 4 rings (SSSR count). The van der Waals surface area contributed by atoms with Crippen LogP contribution in [0.2, 0.25) is 0 Å². The van der Waals surface area contributed by atoms with Gasteiger partial charge < -0.3 is 14.8 Å². The number of aryl methyl sites for hydroxylation is 1. The number of hydrogen-bond donors (Lipinski definition) is 1. The van der Waals surface area contributed by atoms with Gasteiger partial charge in [0.05, 0.1) is 17.5 Å². The molecule has 2 aromatic carbocycles. The molecule has 8 heteroatoms. The van der Waals surface area contributed by atoms with Crippen molar-refractivity contribution >= 4 is 21.6 Å². The van der Waals surface area contributed by atoms with Gasteiger partial charge in [-0.1, -0.05) is 24.3 Å². The van der Waals surface area contributed by atoms with Crippen molar-refractivity contribution in [1.82, 2.24) is 5.32 Å². The van der Waals surface area contributed by atoms with Crippen LogP contribution >= 0.6 is 0 Å². The quantitative estimate of drug-likeness (QED) is 0.783. The van der Waals surface area contributed by atoms with Crippen LogP contribution in [0, 0.1) is 0 Å². The maximum Gasteiger partial charge on any atom is 0.241 e. The van der Waals surface area contributed by atoms with Gasteiger partial charge in [-0.3, -0.25) is 9.10 Å². The van der Waals surface area contributed by atoms with Crippen molar-refractivity contribution in [2.45, 2.75) is 32.2 Å². The molecular weight excluding hydrogens is 392 g/mol. The third-order valence-corrected chi connectivity index (χ3v) is 7.08. The number of hydrogen-bond acceptors (Lipinski definition) is 5.